The number of nitrogens with zero attached hydrogens (tertiary/aromatic N) is 2. The summed E-state index contributed by atoms with van der Waals surface area (Å²) in [6.45, 7) is 9.87. The first kappa shape index (κ1) is 23.5. The van der Waals surface area contributed by atoms with Crippen LogP contribution in [0, 0.1) is 40.5 Å². The molecule has 1 atom stereocenters. The van der Waals surface area contributed by atoms with Crippen LogP contribution in [-0.4, -0.2) is 35.4 Å². The molecule has 3 aromatic rings. The summed E-state index contributed by atoms with van der Waals surface area (Å²) in [5.74, 6) is -1.46. The zero-order valence-electron chi connectivity index (χ0n) is 20.3. The third kappa shape index (κ3) is 4.53. The van der Waals surface area contributed by atoms with Crippen LogP contribution in [0.2, 0.25) is 0 Å². The van der Waals surface area contributed by atoms with Gasteiger partial charge in [-0.3, -0.25) is 14.4 Å². The highest BCUT2D eigenvalue weighted by atomic mass is 16.5. The lowest BCUT2D eigenvalue weighted by Crippen LogP contribution is -2.27. The molecule has 0 bridgehead atoms. The normalized spacial score (nSPS) is 15.6. The van der Waals surface area contributed by atoms with E-state index in [1.165, 1.54) is 11.1 Å². The lowest BCUT2D eigenvalue weighted by atomic mass is 10.1. The number of rotatable bonds is 6. The van der Waals surface area contributed by atoms with Gasteiger partial charge in [-0.15, -0.1) is 0 Å². The Morgan fingerprint density at radius 3 is 2.26 bits per heavy atom. The van der Waals surface area contributed by atoms with Crippen molar-refractivity contribution in [3.05, 3.63) is 82.2 Å². The van der Waals surface area contributed by atoms with Crippen molar-refractivity contribution in [2.45, 2.75) is 41.0 Å². The molecule has 1 aromatic heterocycles. The third-order valence-electron chi connectivity index (χ3n) is 6.63. The topological polar surface area (TPSA) is 68.6 Å². The minimum Gasteiger partial charge on any atom is -0.457 e. The van der Waals surface area contributed by atoms with Crippen molar-refractivity contribution in [2.75, 3.05) is 18.1 Å². The second-order valence-corrected chi connectivity index (χ2v) is 9.16. The van der Waals surface area contributed by atoms with E-state index >= 15 is 0 Å². The fourth-order valence-corrected chi connectivity index (χ4v) is 4.48. The first-order valence-corrected chi connectivity index (χ1v) is 11.5. The van der Waals surface area contributed by atoms with Gasteiger partial charge in [-0.2, -0.15) is 0 Å². The fraction of sp³-hybridized carbons (Fsp3) is 0.321. The molecule has 6 nitrogen and oxygen atoms in total. The second kappa shape index (κ2) is 9.29. The number of benzene rings is 2. The minimum atomic E-state index is -0.579. The molecule has 1 aliphatic rings. The van der Waals surface area contributed by atoms with Gasteiger partial charge in [0.15, 0.2) is 6.61 Å². The summed E-state index contributed by atoms with van der Waals surface area (Å²) >= 11 is 0. The monoisotopic (exact) mass is 458 g/mol. The van der Waals surface area contributed by atoms with Crippen molar-refractivity contribution in [2.24, 2.45) is 5.92 Å². The van der Waals surface area contributed by atoms with Crippen LogP contribution in [-0.2, 0) is 14.3 Å². The predicted octanol–water partition coefficient (Wildman–Crippen LogP) is 4.80. The molecule has 176 valence electrons. The van der Waals surface area contributed by atoms with Crippen molar-refractivity contribution in [3.63, 3.8) is 0 Å². The van der Waals surface area contributed by atoms with Crippen molar-refractivity contribution >= 4 is 23.3 Å². The molecule has 1 amide bonds. The molecular formula is C28H30N2O4. The van der Waals surface area contributed by atoms with Gasteiger partial charge in [0, 0.05) is 41.3 Å². The lowest BCUT2D eigenvalue weighted by molar-refractivity contribution is -0.147. The number of carbonyl (C=O) groups excluding carboxylic acids is 3. The Bertz CT molecular complexity index is 1270. The maximum absolute atomic E-state index is 12.9. The van der Waals surface area contributed by atoms with E-state index in [-0.39, 0.29) is 31.3 Å². The molecule has 6 heteroatoms. The molecule has 1 unspecified atom stereocenters. The van der Waals surface area contributed by atoms with Crippen LogP contribution >= 0.6 is 0 Å². The summed E-state index contributed by atoms with van der Waals surface area (Å²) in [6, 6.07) is 15.6. The van der Waals surface area contributed by atoms with Crippen molar-refractivity contribution in [3.8, 4) is 5.69 Å². The van der Waals surface area contributed by atoms with Gasteiger partial charge < -0.3 is 14.2 Å². The van der Waals surface area contributed by atoms with Gasteiger partial charge in [0.2, 0.25) is 11.7 Å². The highest BCUT2D eigenvalue weighted by molar-refractivity contribution is 6.01. The Balaban J connectivity index is 1.42. The summed E-state index contributed by atoms with van der Waals surface area (Å²) < 4.78 is 7.40. The Labute approximate surface area is 200 Å². The number of Topliss-reactive ketones (excluding diaryl/α,β-unsaturated/α-hetero) is 1. The Morgan fingerprint density at radius 1 is 0.912 bits per heavy atom. The van der Waals surface area contributed by atoms with Crippen LogP contribution in [0.4, 0.5) is 5.69 Å². The van der Waals surface area contributed by atoms with Gasteiger partial charge in [0.25, 0.3) is 0 Å². The van der Waals surface area contributed by atoms with E-state index in [2.05, 4.69) is 26.0 Å². The summed E-state index contributed by atoms with van der Waals surface area (Å²) in [6.07, 6.45) is 0.0855. The molecule has 0 aliphatic carbocycles. The van der Waals surface area contributed by atoms with Crippen LogP contribution in [0.25, 0.3) is 5.69 Å². The molecule has 34 heavy (non-hydrogen) atoms. The van der Waals surface area contributed by atoms with Gasteiger partial charge in [-0.1, -0.05) is 23.8 Å². The third-order valence-corrected chi connectivity index (χ3v) is 6.63. The van der Waals surface area contributed by atoms with Crippen molar-refractivity contribution < 1.29 is 19.1 Å². The molecule has 4 rings (SSSR count). The van der Waals surface area contributed by atoms with E-state index in [1.807, 2.05) is 61.7 Å². The predicted molar refractivity (Wildman–Crippen MR) is 132 cm³/mol. The quantitative estimate of drug-likeness (QED) is 0.393. The van der Waals surface area contributed by atoms with Crippen molar-refractivity contribution in [1.29, 1.82) is 0 Å². The summed E-state index contributed by atoms with van der Waals surface area (Å²) in [5, 5.41) is 0. The number of anilines is 1. The first-order chi connectivity index (χ1) is 16.2. The maximum Gasteiger partial charge on any atom is 0.311 e. The Hall–Kier alpha value is -3.67. The van der Waals surface area contributed by atoms with Gasteiger partial charge in [0.1, 0.15) is 0 Å². The number of ketones is 1. The van der Waals surface area contributed by atoms with Crippen LogP contribution < -0.4 is 4.90 Å². The molecular weight excluding hydrogens is 428 g/mol. The summed E-state index contributed by atoms with van der Waals surface area (Å²) in [7, 11) is 0. The van der Waals surface area contributed by atoms with Crippen molar-refractivity contribution in [1.82, 2.24) is 4.57 Å². The second-order valence-electron chi connectivity index (χ2n) is 9.16. The average Bonchev–Trinajstić information content (AvgIpc) is 3.33. The molecule has 1 aliphatic heterocycles. The van der Waals surface area contributed by atoms with E-state index in [1.54, 1.807) is 4.90 Å². The zero-order valence-corrected chi connectivity index (χ0v) is 20.3. The minimum absolute atomic E-state index is 0.0855. The van der Waals surface area contributed by atoms with Crippen LogP contribution in [0.1, 0.15) is 44.9 Å². The van der Waals surface area contributed by atoms with Gasteiger partial charge in [0.05, 0.1) is 5.92 Å². The number of ether oxygens (including phenoxy) is 1. The summed E-state index contributed by atoms with van der Waals surface area (Å²) in [4.78, 5) is 39.6. The van der Waals surface area contributed by atoms with Crippen LogP contribution in [0.5, 0.6) is 0 Å². The Kier molecular flexibility index (Phi) is 6.42. The summed E-state index contributed by atoms with van der Waals surface area (Å²) in [5.41, 5.74) is 7.52. The van der Waals surface area contributed by atoms with E-state index in [0.29, 0.717) is 5.56 Å². The lowest BCUT2D eigenvalue weighted by Gasteiger charge is -2.16. The van der Waals surface area contributed by atoms with E-state index in [9.17, 15) is 14.4 Å². The molecule has 2 aromatic carbocycles. The van der Waals surface area contributed by atoms with Crippen LogP contribution in [0.3, 0.4) is 0 Å². The highest BCUT2D eigenvalue weighted by Gasteiger charge is 2.36. The standard InChI is InChI=1S/C28H30N2O4/c1-17-6-9-23(10-7-17)29-15-22(14-27(29)32)28(33)34-16-26(31)25-13-20(4)30(21(25)5)24-11-8-18(2)19(3)12-24/h6-13,22H,14-16H2,1-5H3. The van der Waals surface area contributed by atoms with E-state index < -0.39 is 11.9 Å². The number of amides is 1. The molecule has 0 saturated carbocycles. The number of hydrogen-bond acceptors (Lipinski definition) is 4. The van der Waals surface area contributed by atoms with Gasteiger partial charge >= 0.3 is 5.97 Å². The fourth-order valence-electron chi connectivity index (χ4n) is 4.48. The molecule has 1 fully saturated rings. The molecule has 0 radical (unpaired) electrons. The number of aromatic nitrogens is 1. The van der Waals surface area contributed by atoms with E-state index in [0.717, 1.165) is 28.3 Å². The smallest absolute Gasteiger partial charge is 0.311 e. The number of carbonyl (C=O) groups is 3. The maximum atomic E-state index is 12.9. The van der Waals surface area contributed by atoms with Gasteiger partial charge in [-0.25, -0.2) is 0 Å². The van der Waals surface area contributed by atoms with E-state index in [4.69, 9.17) is 4.74 Å². The molecule has 0 spiro atoms. The molecule has 0 N–H and O–H groups in total. The van der Waals surface area contributed by atoms with Crippen LogP contribution in [0.15, 0.2) is 48.5 Å². The van der Waals surface area contributed by atoms with Gasteiger partial charge in [-0.05, 0) is 76.1 Å². The largest absolute Gasteiger partial charge is 0.457 e. The number of esters is 1. The zero-order chi connectivity index (χ0) is 24.6. The molecule has 1 saturated heterocycles. The highest BCUT2D eigenvalue weighted by Crippen LogP contribution is 2.27. The number of hydrogen-bond donors (Lipinski definition) is 0. The molecule has 2 heterocycles. The first-order valence-electron chi connectivity index (χ1n) is 11.5. The average molecular weight is 459 g/mol. The Morgan fingerprint density at radius 2 is 1.59 bits per heavy atom. The SMILES string of the molecule is Cc1ccc(N2CC(C(=O)OCC(=O)c3cc(C)n(-c4ccc(C)c(C)c4)c3C)CC2=O)cc1. The number of aryl methyl sites for hydroxylation is 4.